The Hall–Kier alpha value is -2.00. The van der Waals surface area contributed by atoms with Gasteiger partial charge in [-0.05, 0) is 5.56 Å². The molecule has 0 aliphatic carbocycles. The Morgan fingerprint density at radius 2 is 1.86 bits per heavy atom. The Labute approximate surface area is 129 Å². The van der Waals surface area contributed by atoms with E-state index < -0.39 is 24.2 Å². The normalized spacial score (nSPS) is 10.1. The van der Waals surface area contributed by atoms with Crippen LogP contribution in [-0.4, -0.2) is 36.2 Å². The lowest BCUT2D eigenvalue weighted by Gasteiger charge is -2.12. The summed E-state index contributed by atoms with van der Waals surface area (Å²) >= 11 is 4.97. The van der Waals surface area contributed by atoms with Crippen molar-refractivity contribution in [2.45, 2.75) is 12.8 Å². The SMILES string of the molecule is CN(N)C(=O)NCC(F)(F)F.O=C(Cl)OCc1ccccc1. The molecular formula is C12H15ClF3N3O3. The molecule has 0 aliphatic rings. The monoisotopic (exact) mass is 341 g/mol. The third kappa shape index (κ3) is 11.8. The summed E-state index contributed by atoms with van der Waals surface area (Å²) in [5.41, 5.74) is 0.162. The van der Waals surface area contributed by atoms with Crippen LogP contribution in [0.1, 0.15) is 5.56 Å². The van der Waals surface area contributed by atoms with E-state index >= 15 is 0 Å². The summed E-state index contributed by atoms with van der Waals surface area (Å²) in [6, 6.07) is 8.39. The zero-order valence-electron chi connectivity index (χ0n) is 11.6. The van der Waals surface area contributed by atoms with E-state index in [1.54, 1.807) is 5.32 Å². The van der Waals surface area contributed by atoms with Gasteiger partial charge >= 0.3 is 17.6 Å². The molecule has 124 valence electrons. The summed E-state index contributed by atoms with van der Waals surface area (Å²) in [4.78, 5) is 20.5. The minimum absolute atomic E-state index is 0.239. The molecule has 3 N–H and O–H groups in total. The van der Waals surface area contributed by atoms with E-state index in [9.17, 15) is 22.8 Å². The van der Waals surface area contributed by atoms with E-state index in [0.717, 1.165) is 12.6 Å². The van der Waals surface area contributed by atoms with Crippen LogP contribution in [0.4, 0.5) is 22.8 Å². The van der Waals surface area contributed by atoms with Crippen molar-refractivity contribution in [2.75, 3.05) is 13.6 Å². The molecule has 2 amide bonds. The first-order chi connectivity index (χ1) is 10.1. The Kier molecular flexibility index (Phi) is 8.95. The lowest BCUT2D eigenvalue weighted by molar-refractivity contribution is -0.123. The number of alkyl halides is 3. The van der Waals surface area contributed by atoms with Crippen molar-refractivity contribution in [2.24, 2.45) is 5.84 Å². The highest BCUT2D eigenvalue weighted by Gasteiger charge is 2.27. The highest BCUT2D eigenvalue weighted by molar-refractivity contribution is 6.61. The summed E-state index contributed by atoms with van der Waals surface area (Å²) in [7, 11) is 1.14. The minimum Gasteiger partial charge on any atom is -0.449 e. The van der Waals surface area contributed by atoms with Crippen molar-refractivity contribution in [1.82, 2.24) is 10.3 Å². The zero-order valence-corrected chi connectivity index (χ0v) is 12.3. The van der Waals surface area contributed by atoms with Crippen LogP contribution in [0.5, 0.6) is 0 Å². The van der Waals surface area contributed by atoms with Crippen molar-refractivity contribution in [1.29, 1.82) is 0 Å². The number of hydrogen-bond donors (Lipinski definition) is 2. The van der Waals surface area contributed by atoms with E-state index in [2.05, 4.69) is 4.74 Å². The van der Waals surface area contributed by atoms with Crippen LogP contribution < -0.4 is 11.2 Å². The highest BCUT2D eigenvalue weighted by atomic mass is 35.5. The number of nitrogens with two attached hydrogens (primary N) is 1. The molecule has 0 saturated carbocycles. The maximum Gasteiger partial charge on any atom is 0.405 e. The number of carbonyl (C=O) groups is 2. The second-order valence-corrected chi connectivity index (χ2v) is 4.21. The number of nitrogens with zero attached hydrogens (tertiary/aromatic N) is 1. The molecule has 0 bridgehead atoms. The predicted molar refractivity (Wildman–Crippen MR) is 73.9 cm³/mol. The largest absolute Gasteiger partial charge is 0.449 e. The lowest BCUT2D eigenvalue weighted by atomic mass is 10.2. The summed E-state index contributed by atoms with van der Waals surface area (Å²) < 4.78 is 38.8. The van der Waals surface area contributed by atoms with E-state index in [1.807, 2.05) is 30.3 Å². The number of rotatable bonds is 3. The van der Waals surface area contributed by atoms with Crippen LogP contribution in [0.25, 0.3) is 0 Å². The number of nitrogens with one attached hydrogen (secondary N) is 1. The molecular weight excluding hydrogens is 327 g/mol. The number of benzene rings is 1. The van der Waals surface area contributed by atoms with Crippen molar-refractivity contribution in [3.8, 4) is 0 Å². The zero-order chi connectivity index (χ0) is 17.2. The molecule has 1 rings (SSSR count). The molecule has 0 radical (unpaired) electrons. The van der Waals surface area contributed by atoms with Crippen molar-refractivity contribution < 1.29 is 27.5 Å². The number of carbonyl (C=O) groups excluding carboxylic acids is 2. The van der Waals surface area contributed by atoms with Crippen LogP contribution in [0.3, 0.4) is 0 Å². The van der Waals surface area contributed by atoms with Gasteiger partial charge in [-0.25, -0.2) is 15.4 Å². The lowest BCUT2D eigenvalue weighted by Crippen LogP contribution is -2.44. The van der Waals surface area contributed by atoms with E-state index in [1.165, 1.54) is 0 Å². The molecule has 1 aromatic rings. The topological polar surface area (TPSA) is 84.7 Å². The van der Waals surface area contributed by atoms with E-state index in [4.69, 9.17) is 17.4 Å². The maximum atomic E-state index is 11.4. The first-order valence-electron chi connectivity index (χ1n) is 5.81. The van der Waals surface area contributed by atoms with Gasteiger partial charge in [-0.2, -0.15) is 13.2 Å². The maximum absolute atomic E-state index is 11.4. The predicted octanol–water partition coefficient (Wildman–Crippen LogP) is 2.63. The average molecular weight is 342 g/mol. The van der Waals surface area contributed by atoms with Gasteiger partial charge in [-0.1, -0.05) is 30.3 Å². The fourth-order valence-corrected chi connectivity index (χ4v) is 1.07. The van der Waals surface area contributed by atoms with Gasteiger partial charge < -0.3 is 10.1 Å². The van der Waals surface area contributed by atoms with Gasteiger partial charge in [-0.15, -0.1) is 0 Å². The Bertz CT molecular complexity index is 470. The standard InChI is InChI=1S/C8H7ClO2.C4H8F3N3O/c9-8(10)11-6-7-4-2-1-3-5-7;1-10(8)3(11)9-2-4(5,6)7/h1-5H,6H2;2,8H2,1H3,(H,9,11). The molecule has 0 atom stereocenters. The Morgan fingerprint density at radius 3 is 2.27 bits per heavy atom. The Morgan fingerprint density at radius 1 is 1.32 bits per heavy atom. The molecule has 10 heteroatoms. The molecule has 1 aromatic carbocycles. The molecule has 0 unspecified atom stereocenters. The molecule has 6 nitrogen and oxygen atoms in total. The summed E-state index contributed by atoms with van der Waals surface area (Å²) in [5, 5.41) is 2.09. The number of ether oxygens (including phenoxy) is 1. The first kappa shape index (κ1) is 20.0. The quantitative estimate of drug-likeness (QED) is 0.383. The molecule has 22 heavy (non-hydrogen) atoms. The van der Waals surface area contributed by atoms with Gasteiger partial charge in [0.05, 0.1) is 0 Å². The first-order valence-corrected chi connectivity index (χ1v) is 6.19. The second kappa shape index (κ2) is 9.85. The fraction of sp³-hybridized carbons (Fsp3) is 0.333. The van der Waals surface area contributed by atoms with Crippen molar-refractivity contribution in [3.05, 3.63) is 35.9 Å². The molecule has 0 aliphatic heterocycles. The summed E-state index contributed by atoms with van der Waals surface area (Å²) in [6.07, 6.45) is -4.40. The van der Waals surface area contributed by atoms with Gasteiger partial charge in [0.1, 0.15) is 13.2 Å². The van der Waals surface area contributed by atoms with Gasteiger partial charge in [0.25, 0.3) is 0 Å². The average Bonchev–Trinajstić information content (AvgIpc) is 2.43. The summed E-state index contributed by atoms with van der Waals surface area (Å²) in [5.74, 6) is 4.82. The van der Waals surface area contributed by atoms with Crippen LogP contribution in [0.2, 0.25) is 0 Å². The van der Waals surface area contributed by atoms with Crippen molar-refractivity contribution in [3.63, 3.8) is 0 Å². The molecule has 0 heterocycles. The molecule has 0 aromatic heterocycles. The number of amides is 2. The van der Waals surface area contributed by atoms with E-state index in [-0.39, 0.29) is 6.61 Å². The van der Waals surface area contributed by atoms with Gasteiger partial charge in [0.2, 0.25) is 0 Å². The third-order valence-corrected chi connectivity index (χ3v) is 2.06. The summed E-state index contributed by atoms with van der Waals surface area (Å²) in [6.45, 7) is -1.13. The number of halogens is 4. The second-order valence-electron chi connectivity index (χ2n) is 3.90. The number of urea groups is 1. The van der Waals surface area contributed by atoms with Crippen LogP contribution >= 0.6 is 11.6 Å². The fourth-order valence-electron chi connectivity index (χ4n) is 1.01. The van der Waals surface area contributed by atoms with Gasteiger partial charge in [0.15, 0.2) is 0 Å². The molecule has 0 spiro atoms. The highest BCUT2D eigenvalue weighted by Crippen LogP contribution is 2.11. The third-order valence-electron chi connectivity index (χ3n) is 1.96. The van der Waals surface area contributed by atoms with Crippen LogP contribution in [0, 0.1) is 0 Å². The number of hydrogen-bond acceptors (Lipinski definition) is 4. The Balaban J connectivity index is 0.000000401. The van der Waals surface area contributed by atoms with Crippen LogP contribution in [0.15, 0.2) is 30.3 Å². The number of hydrazine groups is 1. The smallest absolute Gasteiger partial charge is 0.405 e. The van der Waals surface area contributed by atoms with Crippen LogP contribution in [-0.2, 0) is 11.3 Å². The van der Waals surface area contributed by atoms with E-state index in [0.29, 0.717) is 5.01 Å². The minimum atomic E-state index is -4.40. The molecule has 0 saturated heterocycles. The van der Waals surface area contributed by atoms with Gasteiger partial charge in [0, 0.05) is 18.6 Å². The van der Waals surface area contributed by atoms with Crippen molar-refractivity contribution >= 4 is 23.1 Å². The molecule has 0 fully saturated rings. The van der Waals surface area contributed by atoms with Gasteiger partial charge in [-0.3, -0.25) is 5.01 Å².